The topological polar surface area (TPSA) is 131 Å². The van der Waals surface area contributed by atoms with Gasteiger partial charge in [-0.05, 0) is 61.6 Å². The number of carboxylic acids is 3. The first-order chi connectivity index (χ1) is 21.1. The molecule has 0 amide bonds. The molecule has 0 radical (unpaired) electrons. The minimum Gasteiger partial charge on any atom is -0.475 e. The van der Waals surface area contributed by atoms with Crippen molar-refractivity contribution < 1.29 is 73.6 Å². The van der Waals surface area contributed by atoms with Gasteiger partial charge in [0.1, 0.15) is 5.82 Å². The lowest BCUT2D eigenvalue weighted by molar-refractivity contribution is -0.193. The number of piperidine rings is 1. The van der Waals surface area contributed by atoms with Crippen LogP contribution in [-0.2, 0) is 27.5 Å². The van der Waals surface area contributed by atoms with E-state index in [9.17, 15) is 43.9 Å². The second kappa shape index (κ2) is 17.1. The van der Waals surface area contributed by atoms with Gasteiger partial charge in [-0.2, -0.15) is 39.5 Å². The smallest absolute Gasteiger partial charge is 0.475 e. The molecule has 3 heterocycles. The average molecular weight is 682 g/mol. The second-order valence-electron chi connectivity index (χ2n) is 9.92. The van der Waals surface area contributed by atoms with E-state index in [1.54, 1.807) is 12.1 Å². The maximum Gasteiger partial charge on any atom is 0.490 e. The van der Waals surface area contributed by atoms with Gasteiger partial charge in [-0.3, -0.25) is 14.8 Å². The number of nitrogens with zero attached hydrogens (tertiary/aromatic N) is 3. The Hall–Kier alpha value is -4.00. The van der Waals surface area contributed by atoms with E-state index in [0.29, 0.717) is 5.54 Å². The largest absolute Gasteiger partial charge is 0.490 e. The molecule has 2 aliphatic heterocycles. The number of carboxylic acid groups (broad SMARTS) is 3. The van der Waals surface area contributed by atoms with Crippen LogP contribution in [0.25, 0.3) is 0 Å². The van der Waals surface area contributed by atoms with Crippen molar-refractivity contribution in [2.75, 3.05) is 19.6 Å². The monoisotopic (exact) mass is 681 g/mol. The third-order valence-corrected chi connectivity index (χ3v) is 6.67. The maximum atomic E-state index is 13.1. The highest BCUT2D eigenvalue weighted by Gasteiger charge is 2.43. The number of benzene rings is 1. The van der Waals surface area contributed by atoms with Gasteiger partial charge in [-0.15, -0.1) is 0 Å². The molecule has 0 unspecified atom stereocenters. The number of alkyl halides is 9. The van der Waals surface area contributed by atoms with E-state index in [2.05, 4.69) is 20.9 Å². The lowest BCUT2D eigenvalue weighted by atomic mass is 9.84. The number of hydrogen-bond acceptors (Lipinski definition) is 6. The van der Waals surface area contributed by atoms with Gasteiger partial charge in [0, 0.05) is 44.1 Å². The zero-order chi connectivity index (χ0) is 35.3. The molecule has 4 rings (SSSR count). The summed E-state index contributed by atoms with van der Waals surface area (Å²) in [5.74, 6) is -8.43. The standard InChI is InChI=1S/C21H26FN3.3C2HF3O2/c22-20-6-4-18(5-7-20)16-24-13-9-21(10-14-24)8-2-12-25(21)17-19-3-1-11-23-15-19;3*3-2(4,5)1(6)7/h1,3-7,11,15H,2,8-10,12-14,16-17H2;3*(H,6,7). The zero-order valence-corrected chi connectivity index (χ0v) is 23.7. The van der Waals surface area contributed by atoms with Crippen LogP contribution in [-0.4, -0.2) is 91.7 Å². The van der Waals surface area contributed by atoms with Crippen LogP contribution in [0.15, 0.2) is 48.8 Å². The third-order valence-electron chi connectivity index (χ3n) is 6.67. The Morgan fingerprint density at radius 3 is 1.54 bits per heavy atom. The van der Waals surface area contributed by atoms with E-state index in [-0.39, 0.29) is 5.82 Å². The van der Waals surface area contributed by atoms with Gasteiger partial charge in [-0.1, -0.05) is 18.2 Å². The molecule has 2 aromatic rings. The quantitative estimate of drug-likeness (QED) is 0.346. The fraction of sp³-hybridized carbons (Fsp3) is 0.481. The number of pyridine rings is 1. The number of hydrogen-bond donors (Lipinski definition) is 3. The van der Waals surface area contributed by atoms with Crippen molar-refractivity contribution in [3.05, 3.63) is 65.7 Å². The number of aliphatic carboxylic acids is 3. The summed E-state index contributed by atoms with van der Waals surface area (Å²) in [6, 6.07) is 11.2. The summed E-state index contributed by atoms with van der Waals surface area (Å²) < 4.78 is 108. The normalized spacial score (nSPS) is 16.6. The van der Waals surface area contributed by atoms with Gasteiger partial charge >= 0.3 is 36.4 Å². The Labute approximate surface area is 255 Å². The molecule has 19 heteroatoms. The van der Waals surface area contributed by atoms with Crippen LogP contribution < -0.4 is 0 Å². The summed E-state index contributed by atoms with van der Waals surface area (Å²) in [4.78, 5) is 36.2. The Bertz CT molecular complexity index is 1190. The van der Waals surface area contributed by atoms with Crippen LogP contribution >= 0.6 is 0 Å². The molecular weight excluding hydrogens is 652 g/mol. The first-order valence-corrected chi connectivity index (χ1v) is 13.1. The molecule has 258 valence electrons. The molecule has 2 saturated heterocycles. The van der Waals surface area contributed by atoms with Crippen LogP contribution in [0, 0.1) is 5.82 Å². The van der Waals surface area contributed by atoms with Gasteiger partial charge in [0.05, 0.1) is 0 Å². The van der Waals surface area contributed by atoms with Crippen LogP contribution in [0.5, 0.6) is 0 Å². The predicted octanol–water partition coefficient (Wildman–Crippen LogP) is 5.75. The second-order valence-corrected chi connectivity index (χ2v) is 9.92. The average Bonchev–Trinajstić information content (AvgIpc) is 3.32. The van der Waals surface area contributed by atoms with Gasteiger partial charge in [0.2, 0.25) is 0 Å². The Morgan fingerprint density at radius 1 is 0.696 bits per heavy atom. The first kappa shape index (κ1) is 40.0. The maximum absolute atomic E-state index is 13.1. The fourth-order valence-corrected chi connectivity index (χ4v) is 4.49. The van der Waals surface area contributed by atoms with Crippen molar-refractivity contribution in [1.82, 2.24) is 14.8 Å². The molecule has 3 N–H and O–H groups in total. The number of aromatic nitrogens is 1. The molecule has 1 aromatic heterocycles. The molecule has 1 aromatic carbocycles. The summed E-state index contributed by atoms with van der Waals surface area (Å²) in [5.41, 5.74) is 2.89. The summed E-state index contributed by atoms with van der Waals surface area (Å²) in [7, 11) is 0. The Kier molecular flexibility index (Phi) is 14.8. The Balaban J connectivity index is 0.000000413. The van der Waals surface area contributed by atoms with Crippen molar-refractivity contribution >= 4 is 17.9 Å². The van der Waals surface area contributed by atoms with Crippen LogP contribution in [0.4, 0.5) is 43.9 Å². The van der Waals surface area contributed by atoms with Crippen LogP contribution in [0.2, 0.25) is 0 Å². The van der Waals surface area contributed by atoms with E-state index >= 15 is 0 Å². The van der Waals surface area contributed by atoms with Crippen LogP contribution in [0.1, 0.15) is 36.8 Å². The molecule has 0 saturated carbocycles. The lowest BCUT2D eigenvalue weighted by Gasteiger charge is -2.45. The molecule has 0 bridgehead atoms. The molecular formula is C27H29F10N3O6. The van der Waals surface area contributed by atoms with Crippen LogP contribution in [0.3, 0.4) is 0 Å². The molecule has 1 spiro atoms. The molecule has 46 heavy (non-hydrogen) atoms. The molecule has 2 aliphatic rings. The predicted molar refractivity (Wildman–Crippen MR) is 139 cm³/mol. The van der Waals surface area contributed by atoms with Crippen molar-refractivity contribution in [3.8, 4) is 0 Å². The van der Waals surface area contributed by atoms with E-state index in [1.165, 1.54) is 43.4 Å². The van der Waals surface area contributed by atoms with Crippen molar-refractivity contribution in [2.45, 2.75) is 62.8 Å². The van der Waals surface area contributed by atoms with Crippen molar-refractivity contribution in [3.63, 3.8) is 0 Å². The highest BCUT2D eigenvalue weighted by Crippen LogP contribution is 2.39. The molecule has 0 aliphatic carbocycles. The summed E-state index contributed by atoms with van der Waals surface area (Å²) in [5, 5.41) is 21.4. The Morgan fingerprint density at radius 2 is 1.15 bits per heavy atom. The fourth-order valence-electron chi connectivity index (χ4n) is 4.49. The third kappa shape index (κ3) is 14.4. The van der Waals surface area contributed by atoms with Gasteiger partial charge in [-0.25, -0.2) is 18.8 Å². The number of likely N-dealkylation sites (tertiary alicyclic amines) is 2. The van der Waals surface area contributed by atoms with E-state index < -0.39 is 36.4 Å². The number of rotatable bonds is 4. The first-order valence-electron chi connectivity index (χ1n) is 13.1. The van der Waals surface area contributed by atoms with E-state index in [0.717, 1.165) is 26.2 Å². The lowest BCUT2D eigenvalue weighted by Crippen LogP contribution is -2.51. The zero-order valence-electron chi connectivity index (χ0n) is 23.7. The molecule has 0 atom stereocenters. The molecule has 2 fully saturated rings. The van der Waals surface area contributed by atoms with Gasteiger partial charge in [0.15, 0.2) is 0 Å². The summed E-state index contributed by atoms with van der Waals surface area (Å²) in [6.07, 6.45) is -6.33. The van der Waals surface area contributed by atoms with E-state index in [1.807, 2.05) is 30.6 Å². The van der Waals surface area contributed by atoms with Crippen molar-refractivity contribution in [1.29, 1.82) is 0 Å². The number of carbonyl (C=O) groups is 3. The highest BCUT2D eigenvalue weighted by molar-refractivity contribution is 5.73. The van der Waals surface area contributed by atoms with E-state index in [4.69, 9.17) is 29.7 Å². The minimum absolute atomic E-state index is 0.154. The minimum atomic E-state index is -5.08. The van der Waals surface area contributed by atoms with Gasteiger partial charge < -0.3 is 15.3 Å². The highest BCUT2D eigenvalue weighted by atomic mass is 19.4. The SMILES string of the molecule is Fc1ccc(CN2CCC3(CCCN3Cc3cccnc3)CC2)cc1.O=C(O)C(F)(F)F.O=C(O)C(F)(F)F.O=C(O)C(F)(F)F. The summed E-state index contributed by atoms with van der Waals surface area (Å²) >= 11 is 0. The van der Waals surface area contributed by atoms with Crippen molar-refractivity contribution in [2.24, 2.45) is 0 Å². The molecule has 9 nitrogen and oxygen atoms in total. The summed E-state index contributed by atoms with van der Waals surface area (Å²) in [6.45, 7) is 5.40. The van der Waals surface area contributed by atoms with Gasteiger partial charge in [0.25, 0.3) is 0 Å². The number of halogens is 10.